The topological polar surface area (TPSA) is 35.9 Å². The number of ether oxygens (including phenoxy) is 1. The molecule has 1 saturated heterocycles. The number of hydrogen-bond donors (Lipinski definition) is 1. The number of allylic oxidation sites excluding steroid dienone is 1. The van der Waals surface area contributed by atoms with Crippen LogP contribution in [-0.4, -0.2) is 73.5 Å². The van der Waals surface area contributed by atoms with E-state index in [1.165, 1.54) is 31.4 Å². The van der Waals surface area contributed by atoms with Crippen LogP contribution in [0.25, 0.3) is 0 Å². The monoisotopic (exact) mass is 336 g/mol. The van der Waals surface area contributed by atoms with Crippen LogP contribution in [0.2, 0.25) is 0 Å². The van der Waals surface area contributed by atoms with Gasteiger partial charge in [0.1, 0.15) is 0 Å². The second kappa shape index (κ2) is 7.86. The fourth-order valence-corrected chi connectivity index (χ4v) is 4.82. The molecule has 0 aromatic carbocycles. The summed E-state index contributed by atoms with van der Waals surface area (Å²) in [5, 5.41) is 10.3. The van der Waals surface area contributed by atoms with Crippen molar-refractivity contribution in [2.24, 2.45) is 17.3 Å². The van der Waals surface area contributed by atoms with Crippen LogP contribution < -0.4 is 0 Å². The molecule has 1 aliphatic heterocycles. The smallest absolute Gasteiger partial charge is 0.0900 e. The Labute approximate surface area is 147 Å². The Morgan fingerprint density at radius 2 is 1.96 bits per heavy atom. The highest BCUT2D eigenvalue weighted by Crippen LogP contribution is 2.59. The van der Waals surface area contributed by atoms with E-state index in [1.807, 2.05) is 0 Å². The highest BCUT2D eigenvalue weighted by atomic mass is 16.5. The van der Waals surface area contributed by atoms with Crippen LogP contribution in [0, 0.1) is 17.3 Å². The Kier molecular flexibility index (Phi) is 6.02. The normalized spacial score (nSPS) is 31.4. The van der Waals surface area contributed by atoms with Gasteiger partial charge in [-0.15, -0.1) is 0 Å². The summed E-state index contributed by atoms with van der Waals surface area (Å²) in [6.07, 6.45) is 5.81. The number of piperazine rings is 1. The lowest BCUT2D eigenvalue weighted by Gasteiger charge is -2.56. The third-order valence-electron chi connectivity index (χ3n) is 6.64. The first-order valence-electron chi connectivity index (χ1n) is 9.90. The molecule has 0 aromatic heterocycles. The summed E-state index contributed by atoms with van der Waals surface area (Å²) in [5.74, 6) is 1.59. The number of hydrogen-bond acceptors (Lipinski definition) is 4. The van der Waals surface area contributed by atoms with E-state index >= 15 is 0 Å². The van der Waals surface area contributed by atoms with E-state index in [9.17, 15) is 5.11 Å². The predicted molar refractivity (Wildman–Crippen MR) is 98.1 cm³/mol. The van der Waals surface area contributed by atoms with Crippen molar-refractivity contribution in [3.05, 3.63) is 11.6 Å². The highest BCUT2D eigenvalue weighted by molar-refractivity contribution is 5.23. The van der Waals surface area contributed by atoms with Crippen LogP contribution in [0.4, 0.5) is 0 Å². The van der Waals surface area contributed by atoms with Gasteiger partial charge in [-0.25, -0.2) is 0 Å². The number of fused-ring (bicyclic) bond motifs is 1. The molecule has 4 nitrogen and oxygen atoms in total. The van der Waals surface area contributed by atoms with Gasteiger partial charge in [-0.2, -0.15) is 0 Å². The average molecular weight is 337 g/mol. The molecule has 1 saturated carbocycles. The molecular weight excluding hydrogens is 300 g/mol. The van der Waals surface area contributed by atoms with Crippen LogP contribution in [0.1, 0.15) is 40.0 Å². The zero-order valence-corrected chi connectivity index (χ0v) is 15.8. The third kappa shape index (κ3) is 4.04. The lowest BCUT2D eigenvalue weighted by Crippen LogP contribution is -2.49. The molecule has 3 aliphatic carbocycles. The lowest BCUT2D eigenvalue weighted by molar-refractivity contribution is -0.0274. The first kappa shape index (κ1) is 18.4. The summed E-state index contributed by atoms with van der Waals surface area (Å²) >= 11 is 0. The summed E-state index contributed by atoms with van der Waals surface area (Å²) in [6.45, 7) is 14.5. The fraction of sp³-hybridized carbons (Fsp3) is 0.900. The summed E-state index contributed by atoms with van der Waals surface area (Å²) in [7, 11) is 0. The average Bonchev–Trinajstić information content (AvgIpc) is 2.57. The van der Waals surface area contributed by atoms with Crippen LogP contribution in [0.15, 0.2) is 11.6 Å². The molecule has 4 aliphatic rings. The Morgan fingerprint density at radius 1 is 1.25 bits per heavy atom. The molecule has 0 spiro atoms. The van der Waals surface area contributed by atoms with Crippen LogP contribution in [-0.2, 0) is 4.74 Å². The van der Waals surface area contributed by atoms with Gasteiger partial charge in [-0.05, 0) is 48.6 Å². The molecule has 24 heavy (non-hydrogen) atoms. The molecule has 1 N–H and O–H groups in total. The zero-order valence-electron chi connectivity index (χ0n) is 15.8. The molecule has 0 radical (unpaired) electrons. The molecule has 1 heterocycles. The van der Waals surface area contributed by atoms with Gasteiger partial charge in [-0.3, -0.25) is 4.90 Å². The Hall–Kier alpha value is -0.420. The van der Waals surface area contributed by atoms with E-state index in [0.29, 0.717) is 24.5 Å². The van der Waals surface area contributed by atoms with Crippen LogP contribution in [0.5, 0.6) is 0 Å². The van der Waals surface area contributed by atoms with E-state index in [2.05, 4.69) is 36.6 Å². The minimum Gasteiger partial charge on any atom is -0.389 e. The molecule has 0 amide bonds. The third-order valence-corrected chi connectivity index (χ3v) is 6.64. The van der Waals surface area contributed by atoms with Crippen molar-refractivity contribution in [2.75, 3.05) is 52.5 Å². The maximum Gasteiger partial charge on any atom is 0.0900 e. The lowest BCUT2D eigenvalue weighted by atomic mass is 9.49. The van der Waals surface area contributed by atoms with E-state index in [1.54, 1.807) is 0 Å². The van der Waals surface area contributed by atoms with E-state index < -0.39 is 0 Å². The molecule has 4 heteroatoms. The molecular formula is C20H36N2O2. The van der Waals surface area contributed by atoms with Crippen molar-refractivity contribution in [3.63, 3.8) is 0 Å². The van der Waals surface area contributed by atoms with Gasteiger partial charge in [0.25, 0.3) is 0 Å². The number of rotatable bonds is 8. The Bertz CT molecular complexity index is 441. The quantitative estimate of drug-likeness (QED) is 0.691. The number of aliphatic hydroxyl groups is 1. The first-order chi connectivity index (χ1) is 11.5. The second-order valence-electron chi connectivity index (χ2n) is 8.63. The fourth-order valence-electron chi connectivity index (χ4n) is 4.82. The first-order valence-corrected chi connectivity index (χ1v) is 9.90. The van der Waals surface area contributed by atoms with Gasteiger partial charge in [0.05, 0.1) is 19.3 Å². The standard InChI is InChI=1S/C20H36N2O2/c1-4-7-21-8-10-22(11-9-21)13-18(23)15-24-14-16-5-6-17-12-19(16)20(17,2)3/h5,17-19,23H,4,6-15H2,1-3H3/t17-,18-,19+/m0/s1. The Morgan fingerprint density at radius 3 is 2.58 bits per heavy atom. The molecule has 0 unspecified atom stereocenters. The summed E-state index contributed by atoms with van der Waals surface area (Å²) in [5.41, 5.74) is 1.94. The number of nitrogens with zero attached hydrogens (tertiary/aromatic N) is 2. The van der Waals surface area contributed by atoms with Gasteiger partial charge < -0.3 is 14.7 Å². The maximum absolute atomic E-state index is 10.3. The van der Waals surface area contributed by atoms with Gasteiger partial charge >= 0.3 is 0 Å². The van der Waals surface area contributed by atoms with Gasteiger partial charge in [-0.1, -0.05) is 26.8 Å². The molecule has 0 aromatic rings. The van der Waals surface area contributed by atoms with Gasteiger partial charge in [0.15, 0.2) is 0 Å². The number of β-amino-alcohol motifs (C(OH)–C–C–N with tert-alkyl or cyclic N) is 1. The van der Waals surface area contributed by atoms with Crippen molar-refractivity contribution in [2.45, 2.75) is 46.1 Å². The largest absolute Gasteiger partial charge is 0.389 e. The maximum atomic E-state index is 10.3. The van der Waals surface area contributed by atoms with E-state index in [-0.39, 0.29) is 6.10 Å². The van der Waals surface area contributed by atoms with Crippen molar-refractivity contribution in [3.8, 4) is 0 Å². The predicted octanol–water partition coefficient (Wildman–Crippen LogP) is 2.38. The van der Waals surface area contributed by atoms with Crippen LogP contribution >= 0.6 is 0 Å². The molecule has 2 fully saturated rings. The van der Waals surface area contributed by atoms with Crippen molar-refractivity contribution >= 4 is 0 Å². The Balaban J connectivity index is 1.32. The summed E-state index contributed by atoms with van der Waals surface area (Å²) in [6, 6.07) is 0. The second-order valence-corrected chi connectivity index (χ2v) is 8.63. The van der Waals surface area contributed by atoms with E-state index in [0.717, 1.165) is 38.6 Å². The summed E-state index contributed by atoms with van der Waals surface area (Å²) < 4.78 is 5.87. The van der Waals surface area contributed by atoms with Crippen molar-refractivity contribution in [1.29, 1.82) is 0 Å². The van der Waals surface area contributed by atoms with Gasteiger partial charge in [0, 0.05) is 32.7 Å². The minimum atomic E-state index is -0.367. The minimum absolute atomic E-state index is 0.367. The molecule has 4 rings (SSSR count). The van der Waals surface area contributed by atoms with Crippen LogP contribution in [0.3, 0.4) is 0 Å². The molecule has 138 valence electrons. The highest BCUT2D eigenvalue weighted by Gasteiger charge is 2.50. The SMILES string of the molecule is CCCN1CCN(C[C@H](O)COCC2=CC[C@H]3C[C@H]2C3(C)C)CC1. The van der Waals surface area contributed by atoms with E-state index in [4.69, 9.17) is 4.74 Å². The molecule has 3 atom stereocenters. The van der Waals surface area contributed by atoms with Gasteiger partial charge in [0.2, 0.25) is 0 Å². The zero-order chi connectivity index (χ0) is 17.2. The van der Waals surface area contributed by atoms with Crippen molar-refractivity contribution in [1.82, 2.24) is 9.80 Å². The van der Waals surface area contributed by atoms with Crippen molar-refractivity contribution < 1.29 is 9.84 Å². The summed E-state index contributed by atoms with van der Waals surface area (Å²) in [4.78, 5) is 4.89. The molecule has 2 bridgehead atoms. The number of aliphatic hydroxyl groups excluding tert-OH is 1.